The lowest BCUT2D eigenvalue weighted by molar-refractivity contribution is 0.178. The minimum atomic E-state index is -0.348. The second-order valence-corrected chi connectivity index (χ2v) is 2.21. The van der Waals surface area contributed by atoms with Gasteiger partial charge in [-0.25, -0.2) is 0 Å². The predicted molar refractivity (Wildman–Crippen MR) is 45.1 cm³/mol. The zero-order valence-electron chi connectivity index (χ0n) is 7.28. The fraction of sp³-hybridized carbons (Fsp3) is 0.857. The van der Waals surface area contributed by atoms with Crippen molar-refractivity contribution in [1.82, 2.24) is 0 Å². The molecule has 0 radical (unpaired) electrons. The minimum absolute atomic E-state index is 0.348. The summed E-state index contributed by atoms with van der Waals surface area (Å²) in [4.78, 5) is 3.86. The first kappa shape index (κ1) is 10.2. The van der Waals surface area contributed by atoms with E-state index in [9.17, 15) is 5.11 Å². The maximum atomic E-state index is 9.20. The van der Waals surface area contributed by atoms with E-state index in [0.29, 0.717) is 12.3 Å². The highest BCUT2D eigenvalue weighted by Crippen LogP contribution is 1.99. The molecule has 0 saturated carbocycles. The lowest BCUT2D eigenvalue weighted by atomic mass is 10.2. The third kappa shape index (κ3) is 4.61. The van der Waals surface area contributed by atoms with Crippen molar-refractivity contribution in [2.45, 2.75) is 25.9 Å². The summed E-state index contributed by atoms with van der Waals surface area (Å²) in [6.07, 6.45) is 0.863. The van der Waals surface area contributed by atoms with Crippen molar-refractivity contribution in [3.63, 3.8) is 0 Å². The van der Waals surface area contributed by atoms with Crippen LogP contribution in [-0.2, 0) is 0 Å². The van der Waals surface area contributed by atoms with Crippen molar-refractivity contribution in [2.24, 2.45) is 15.2 Å². The Morgan fingerprint density at radius 2 is 2.09 bits per heavy atom. The smallest absolute Gasteiger partial charge is 0.148 e. The van der Waals surface area contributed by atoms with E-state index < -0.39 is 0 Å². The van der Waals surface area contributed by atoms with Gasteiger partial charge in [-0.3, -0.25) is 4.99 Å². The van der Waals surface area contributed by atoms with Crippen LogP contribution >= 0.6 is 0 Å². The Morgan fingerprint density at radius 1 is 1.45 bits per heavy atom. The Morgan fingerprint density at radius 3 is 2.45 bits per heavy atom. The van der Waals surface area contributed by atoms with Crippen molar-refractivity contribution in [2.75, 3.05) is 14.1 Å². The average Bonchev–Trinajstić information content (AvgIpc) is 2.03. The number of hydrogen-bond acceptors (Lipinski definition) is 3. The molecule has 64 valence electrons. The molecule has 1 N–H and O–H groups in total. The van der Waals surface area contributed by atoms with Crippen molar-refractivity contribution >= 4 is 5.84 Å². The van der Waals surface area contributed by atoms with E-state index in [-0.39, 0.29) is 6.10 Å². The van der Waals surface area contributed by atoms with Crippen molar-refractivity contribution in [3.8, 4) is 0 Å². The Balaban J connectivity index is 3.89. The first-order valence-electron chi connectivity index (χ1n) is 3.68. The van der Waals surface area contributed by atoms with Crippen LogP contribution in [0.3, 0.4) is 0 Å². The molecule has 4 nitrogen and oxygen atoms in total. The van der Waals surface area contributed by atoms with Gasteiger partial charge in [0.05, 0.1) is 6.10 Å². The van der Waals surface area contributed by atoms with E-state index in [4.69, 9.17) is 0 Å². The number of hydrogen-bond donors (Lipinski definition) is 1. The quantitative estimate of drug-likeness (QED) is 0.374. The van der Waals surface area contributed by atoms with Gasteiger partial charge in [-0.1, -0.05) is 6.92 Å². The first-order valence-corrected chi connectivity index (χ1v) is 3.68. The molecule has 4 heteroatoms. The largest absolute Gasteiger partial charge is 0.393 e. The first-order chi connectivity index (χ1) is 5.24. The second kappa shape index (κ2) is 5.97. The second-order valence-electron chi connectivity index (χ2n) is 2.21. The summed E-state index contributed by atoms with van der Waals surface area (Å²) >= 11 is 0. The summed E-state index contributed by atoms with van der Waals surface area (Å²) in [6.45, 7) is 1.92. The molecule has 0 saturated heterocycles. The zero-order chi connectivity index (χ0) is 8.69. The highest BCUT2D eigenvalue weighted by Gasteiger charge is 2.04. The van der Waals surface area contributed by atoms with E-state index in [1.807, 2.05) is 6.92 Å². The van der Waals surface area contributed by atoms with Gasteiger partial charge in [0, 0.05) is 20.5 Å². The Kier molecular flexibility index (Phi) is 5.56. The van der Waals surface area contributed by atoms with Crippen LogP contribution < -0.4 is 0 Å². The summed E-state index contributed by atoms with van der Waals surface area (Å²) in [5.74, 6) is 0.599. The zero-order valence-corrected chi connectivity index (χ0v) is 7.28. The van der Waals surface area contributed by atoms with Gasteiger partial charge in [0.1, 0.15) is 5.84 Å². The van der Waals surface area contributed by atoms with Crippen LogP contribution in [-0.4, -0.2) is 31.1 Å². The van der Waals surface area contributed by atoms with Crippen LogP contribution in [0.4, 0.5) is 0 Å². The molecule has 0 heterocycles. The molecule has 11 heavy (non-hydrogen) atoms. The number of aliphatic imine (C=N–C) groups is 1. The molecule has 0 aromatic carbocycles. The topological polar surface area (TPSA) is 57.3 Å². The third-order valence-corrected chi connectivity index (χ3v) is 1.36. The van der Waals surface area contributed by atoms with Crippen LogP contribution in [0.2, 0.25) is 0 Å². The standard InChI is InChI=1S/C7H15N3O/c1-4-6(11)5-7(8-2)10-9-3/h6,11H,4-5H2,1-3H3. The molecular formula is C7H15N3O. The molecule has 1 atom stereocenters. The maximum Gasteiger partial charge on any atom is 0.148 e. The Hall–Kier alpha value is -0.770. The molecule has 0 aromatic rings. The Labute approximate surface area is 67.1 Å². The molecular weight excluding hydrogens is 142 g/mol. The van der Waals surface area contributed by atoms with Gasteiger partial charge in [-0.15, -0.1) is 5.11 Å². The molecule has 0 aliphatic heterocycles. The van der Waals surface area contributed by atoms with Crippen molar-refractivity contribution in [3.05, 3.63) is 0 Å². The highest BCUT2D eigenvalue weighted by molar-refractivity contribution is 5.82. The summed E-state index contributed by atoms with van der Waals surface area (Å²) in [6, 6.07) is 0. The molecule has 0 rings (SSSR count). The van der Waals surface area contributed by atoms with E-state index in [1.54, 1.807) is 14.1 Å². The summed E-state index contributed by atoms with van der Waals surface area (Å²) < 4.78 is 0. The molecule has 0 spiro atoms. The number of aliphatic hydroxyl groups is 1. The van der Waals surface area contributed by atoms with Gasteiger partial charge in [0.25, 0.3) is 0 Å². The van der Waals surface area contributed by atoms with Gasteiger partial charge < -0.3 is 5.11 Å². The normalized spacial score (nSPS) is 15.8. The van der Waals surface area contributed by atoms with Crippen molar-refractivity contribution < 1.29 is 5.11 Å². The third-order valence-electron chi connectivity index (χ3n) is 1.36. The minimum Gasteiger partial charge on any atom is -0.393 e. The van der Waals surface area contributed by atoms with Crippen LogP contribution in [0.5, 0.6) is 0 Å². The van der Waals surface area contributed by atoms with Crippen molar-refractivity contribution in [1.29, 1.82) is 0 Å². The summed E-state index contributed by atoms with van der Waals surface area (Å²) in [5.41, 5.74) is 0. The Bertz CT molecular complexity index is 154. The number of amidine groups is 1. The van der Waals surface area contributed by atoms with Crippen LogP contribution in [0.25, 0.3) is 0 Å². The van der Waals surface area contributed by atoms with E-state index in [0.717, 1.165) is 6.42 Å². The monoisotopic (exact) mass is 157 g/mol. The number of aliphatic hydroxyl groups excluding tert-OH is 1. The maximum absolute atomic E-state index is 9.20. The SMILES string of the molecule is CCC(O)CC(N=NC)=NC. The summed E-state index contributed by atoms with van der Waals surface area (Å²) in [5, 5.41) is 16.5. The average molecular weight is 157 g/mol. The van der Waals surface area contributed by atoms with E-state index in [2.05, 4.69) is 15.2 Å². The molecule has 0 bridgehead atoms. The lowest BCUT2D eigenvalue weighted by Gasteiger charge is -2.04. The number of nitrogens with zero attached hydrogens (tertiary/aromatic N) is 3. The molecule has 0 aliphatic rings. The van der Waals surface area contributed by atoms with E-state index in [1.165, 1.54) is 0 Å². The van der Waals surface area contributed by atoms with Gasteiger partial charge in [-0.2, -0.15) is 5.11 Å². The van der Waals surface area contributed by atoms with Crippen LogP contribution in [0.15, 0.2) is 15.2 Å². The molecule has 0 amide bonds. The number of azo groups is 1. The van der Waals surface area contributed by atoms with Crippen LogP contribution in [0.1, 0.15) is 19.8 Å². The fourth-order valence-corrected chi connectivity index (χ4v) is 0.647. The highest BCUT2D eigenvalue weighted by atomic mass is 16.3. The van der Waals surface area contributed by atoms with Crippen LogP contribution in [0, 0.1) is 0 Å². The molecule has 0 aliphatic carbocycles. The van der Waals surface area contributed by atoms with Gasteiger partial charge >= 0.3 is 0 Å². The molecule has 1 unspecified atom stereocenters. The van der Waals surface area contributed by atoms with Gasteiger partial charge in [0.2, 0.25) is 0 Å². The predicted octanol–water partition coefficient (Wildman–Crippen LogP) is 1.26. The van der Waals surface area contributed by atoms with E-state index >= 15 is 0 Å². The molecule has 0 fully saturated rings. The lowest BCUT2D eigenvalue weighted by Crippen LogP contribution is -2.10. The summed E-state index contributed by atoms with van der Waals surface area (Å²) in [7, 11) is 3.23. The fourth-order valence-electron chi connectivity index (χ4n) is 0.647. The number of rotatable bonds is 3. The van der Waals surface area contributed by atoms with Gasteiger partial charge in [-0.05, 0) is 6.42 Å². The molecule has 0 aromatic heterocycles. The van der Waals surface area contributed by atoms with Gasteiger partial charge in [0.15, 0.2) is 0 Å².